The Kier molecular flexibility index (Phi) is 3.54. The summed E-state index contributed by atoms with van der Waals surface area (Å²) in [5.74, 6) is 1.64. The minimum Gasteiger partial charge on any atom is -0.455 e. The molecule has 1 heterocycles. The molecule has 1 aliphatic heterocycles. The van der Waals surface area contributed by atoms with Crippen molar-refractivity contribution in [3.63, 3.8) is 0 Å². The van der Waals surface area contributed by atoms with Crippen LogP contribution >= 0.6 is 0 Å². The van der Waals surface area contributed by atoms with Crippen molar-refractivity contribution in [1.29, 1.82) is 0 Å². The molecule has 0 N–H and O–H groups in total. The van der Waals surface area contributed by atoms with Crippen LogP contribution in [0.25, 0.3) is 98.0 Å². The van der Waals surface area contributed by atoms with Gasteiger partial charge in [-0.25, -0.2) is 0 Å². The molecule has 0 spiro atoms. The standard InChI is InChI=1S/C46H26O/c1-2-13-39-35(12-1)40(26-41-37-15-4-9-27-10-6-16-42(44(27)37)47-46(39)41)32-21-22-33-31(25-32)11-5-14-34(33)36-23-19-30-18-17-28-7-3-8-29-20-24-38(36)45(30)43(28)29/h1-26H/i3D,7D,8D,17D,18D,19D,20D,23D,24D. The van der Waals surface area contributed by atoms with Crippen LogP contribution in [-0.2, 0) is 0 Å². The second-order valence-electron chi connectivity index (χ2n) is 12.1. The minimum atomic E-state index is -0.491. The predicted molar refractivity (Wildman–Crippen MR) is 199 cm³/mol. The van der Waals surface area contributed by atoms with Crippen LogP contribution in [0.15, 0.2) is 158 Å². The molecule has 0 saturated carbocycles. The zero-order valence-corrected chi connectivity index (χ0v) is 24.7. The quantitative estimate of drug-likeness (QED) is 0.179. The van der Waals surface area contributed by atoms with Crippen molar-refractivity contribution < 1.29 is 17.1 Å². The lowest BCUT2D eigenvalue weighted by Gasteiger charge is -2.24. The van der Waals surface area contributed by atoms with Gasteiger partial charge in [0.15, 0.2) is 0 Å². The summed E-state index contributed by atoms with van der Waals surface area (Å²) in [6.45, 7) is 0. The molecule has 0 atom stereocenters. The summed E-state index contributed by atoms with van der Waals surface area (Å²) in [4.78, 5) is 0. The van der Waals surface area contributed by atoms with Crippen LogP contribution in [0.5, 0.6) is 11.5 Å². The van der Waals surface area contributed by atoms with Gasteiger partial charge in [0.05, 0.1) is 12.3 Å². The Hall–Kier alpha value is -6.18. The molecular weight excluding hydrogens is 569 g/mol. The zero-order valence-electron chi connectivity index (χ0n) is 33.7. The summed E-state index contributed by atoms with van der Waals surface area (Å²) < 4.78 is 87.1. The van der Waals surface area contributed by atoms with Gasteiger partial charge in [0.25, 0.3) is 0 Å². The first-order chi connectivity index (χ1) is 27.1. The third-order valence-electron chi connectivity index (χ3n) is 9.64. The van der Waals surface area contributed by atoms with Gasteiger partial charge in [-0.3, -0.25) is 0 Å². The van der Waals surface area contributed by atoms with E-state index in [4.69, 9.17) is 13.0 Å². The van der Waals surface area contributed by atoms with Crippen molar-refractivity contribution in [2.24, 2.45) is 0 Å². The van der Waals surface area contributed by atoms with Gasteiger partial charge in [0.1, 0.15) is 11.5 Å². The van der Waals surface area contributed by atoms with E-state index in [0.29, 0.717) is 5.56 Å². The Labute approximate surface area is 283 Å². The molecule has 0 saturated heterocycles. The molecule has 1 nitrogen and oxygen atoms in total. The molecule has 0 radical (unpaired) electrons. The SMILES string of the molecule is [2H]c1c([2H])c2c([2H])c([2H])c3c([2H])c([2H])c(-c4cccc5cc(-c6cc7c(c8ccccc68)Oc6cccc8cccc-7c68)ccc45)c4c([2H])c([2H])c(c1[2H])c2c34. The summed E-state index contributed by atoms with van der Waals surface area (Å²) in [6, 6.07) is 31.2. The molecule has 0 aliphatic carbocycles. The van der Waals surface area contributed by atoms with Gasteiger partial charge in [0, 0.05) is 16.3 Å². The van der Waals surface area contributed by atoms with E-state index >= 15 is 0 Å². The van der Waals surface area contributed by atoms with Crippen molar-refractivity contribution in [3.05, 3.63) is 158 Å². The van der Waals surface area contributed by atoms with Gasteiger partial charge in [0.2, 0.25) is 0 Å². The zero-order chi connectivity index (χ0) is 38.5. The molecule has 0 bridgehead atoms. The lowest BCUT2D eigenvalue weighted by molar-refractivity contribution is 0.493. The molecule has 47 heavy (non-hydrogen) atoms. The van der Waals surface area contributed by atoms with Crippen LogP contribution < -0.4 is 4.74 Å². The third kappa shape index (κ3) is 3.43. The Morgan fingerprint density at radius 2 is 1.11 bits per heavy atom. The highest BCUT2D eigenvalue weighted by molar-refractivity contribution is 6.26. The van der Waals surface area contributed by atoms with Crippen molar-refractivity contribution in [2.75, 3.05) is 0 Å². The molecular formula is C46H26O. The molecule has 0 amide bonds. The van der Waals surface area contributed by atoms with Gasteiger partial charge in [-0.2, -0.15) is 0 Å². The van der Waals surface area contributed by atoms with E-state index in [2.05, 4.69) is 48.5 Å². The lowest BCUT2D eigenvalue weighted by atomic mass is 9.86. The molecule has 10 aromatic carbocycles. The number of benzene rings is 10. The van der Waals surface area contributed by atoms with Gasteiger partial charge in [-0.15, -0.1) is 0 Å². The highest BCUT2D eigenvalue weighted by atomic mass is 16.5. The summed E-state index contributed by atoms with van der Waals surface area (Å²) in [5, 5.41) is 6.09. The second kappa shape index (κ2) is 9.19. The van der Waals surface area contributed by atoms with E-state index < -0.39 is 24.2 Å². The molecule has 10 aromatic rings. The van der Waals surface area contributed by atoms with Crippen LogP contribution in [0.2, 0.25) is 0 Å². The maximum atomic E-state index is 9.34. The molecule has 11 rings (SSSR count). The summed E-state index contributed by atoms with van der Waals surface area (Å²) in [6.07, 6.45) is 0. The first-order valence-electron chi connectivity index (χ1n) is 20.0. The first-order valence-corrected chi connectivity index (χ1v) is 15.5. The van der Waals surface area contributed by atoms with E-state index in [9.17, 15) is 4.11 Å². The van der Waals surface area contributed by atoms with Crippen molar-refractivity contribution in [3.8, 4) is 44.9 Å². The topological polar surface area (TPSA) is 9.23 Å². The fourth-order valence-electron chi connectivity index (χ4n) is 7.56. The first kappa shape index (κ1) is 18.1. The van der Waals surface area contributed by atoms with Crippen LogP contribution in [0.3, 0.4) is 0 Å². The van der Waals surface area contributed by atoms with E-state index in [0.717, 1.165) is 66.1 Å². The Balaban J connectivity index is 1.19. The Morgan fingerprint density at radius 3 is 1.98 bits per heavy atom. The minimum absolute atomic E-state index is 0.0367. The summed E-state index contributed by atoms with van der Waals surface area (Å²) in [7, 11) is 0. The normalized spacial score (nSPS) is 15.1. The highest BCUT2D eigenvalue weighted by Gasteiger charge is 2.24. The number of ether oxygens (including phenoxy) is 1. The highest BCUT2D eigenvalue weighted by Crippen LogP contribution is 2.51. The van der Waals surface area contributed by atoms with Crippen LogP contribution in [0.4, 0.5) is 0 Å². The fourth-order valence-corrected chi connectivity index (χ4v) is 7.56. The Bertz CT molecular complexity index is 3420. The molecule has 0 unspecified atom stereocenters. The predicted octanol–water partition coefficient (Wildman–Crippen LogP) is 13.2. The van der Waals surface area contributed by atoms with Crippen LogP contribution in [0.1, 0.15) is 12.3 Å². The monoisotopic (exact) mass is 603 g/mol. The number of rotatable bonds is 2. The van der Waals surface area contributed by atoms with Crippen LogP contribution in [0, 0.1) is 0 Å². The molecule has 0 aromatic heterocycles. The largest absolute Gasteiger partial charge is 0.455 e. The molecule has 1 aliphatic rings. The molecule has 0 fully saturated rings. The smallest absolute Gasteiger partial charge is 0.143 e. The number of hydrogen-bond acceptors (Lipinski definition) is 1. The van der Waals surface area contributed by atoms with Crippen molar-refractivity contribution in [2.45, 2.75) is 0 Å². The van der Waals surface area contributed by atoms with Crippen molar-refractivity contribution in [1.82, 2.24) is 0 Å². The third-order valence-corrected chi connectivity index (χ3v) is 9.64. The second-order valence-corrected chi connectivity index (χ2v) is 12.1. The van der Waals surface area contributed by atoms with Gasteiger partial charge >= 0.3 is 0 Å². The van der Waals surface area contributed by atoms with Gasteiger partial charge in [-0.1, -0.05) is 139 Å². The Morgan fingerprint density at radius 1 is 0.383 bits per heavy atom. The molecule has 1 heteroatoms. The lowest BCUT2D eigenvalue weighted by Crippen LogP contribution is -1.99. The summed E-state index contributed by atoms with van der Waals surface area (Å²) in [5.41, 5.74) is 4.85. The maximum absolute atomic E-state index is 9.34. The van der Waals surface area contributed by atoms with E-state index in [1.807, 2.05) is 54.6 Å². The number of hydrogen-bond donors (Lipinski definition) is 0. The van der Waals surface area contributed by atoms with Gasteiger partial charge in [-0.05, 0) is 99.9 Å². The maximum Gasteiger partial charge on any atom is 0.143 e. The average Bonchev–Trinajstić information content (AvgIpc) is 3.21. The number of fused-ring (bicyclic) bond motifs is 5. The van der Waals surface area contributed by atoms with E-state index in [1.165, 1.54) is 0 Å². The van der Waals surface area contributed by atoms with Gasteiger partial charge < -0.3 is 4.74 Å². The van der Waals surface area contributed by atoms with Crippen molar-refractivity contribution >= 4 is 64.6 Å². The van der Waals surface area contributed by atoms with Crippen LogP contribution in [-0.4, -0.2) is 0 Å². The average molecular weight is 604 g/mol. The molecule has 216 valence electrons. The fraction of sp³-hybridized carbons (Fsp3) is 0. The summed E-state index contributed by atoms with van der Waals surface area (Å²) >= 11 is 0. The van der Waals surface area contributed by atoms with E-state index in [-0.39, 0.29) is 68.1 Å². The van der Waals surface area contributed by atoms with E-state index in [1.54, 1.807) is 0 Å².